The molecule has 0 saturated heterocycles. The van der Waals surface area contributed by atoms with E-state index in [0.29, 0.717) is 23.1 Å². The third-order valence-electron chi connectivity index (χ3n) is 6.32. The Kier molecular flexibility index (Phi) is 4.58. The Bertz CT molecular complexity index is 2040. The zero-order chi connectivity index (χ0) is 25.3. The van der Waals surface area contributed by atoms with Gasteiger partial charge in [-0.15, -0.1) is 11.3 Å². The molecular weight excluding hydrogens is 484 g/mol. The summed E-state index contributed by atoms with van der Waals surface area (Å²) >= 11 is 1.50. The first-order valence-corrected chi connectivity index (χ1v) is 12.7. The molecule has 0 spiro atoms. The van der Waals surface area contributed by atoms with Gasteiger partial charge in [-0.05, 0) is 35.7 Å². The van der Waals surface area contributed by atoms with E-state index in [0.717, 1.165) is 48.2 Å². The van der Waals surface area contributed by atoms with Crippen molar-refractivity contribution >= 4 is 70.9 Å². The summed E-state index contributed by atoms with van der Waals surface area (Å²) < 4.78 is 2.66. The minimum absolute atomic E-state index is 0.00310. The molecule has 0 unspecified atom stereocenters. The molecule has 2 N–H and O–H groups in total. The fourth-order valence-corrected chi connectivity index (χ4v) is 5.71. The molecule has 7 rings (SSSR count). The normalized spacial score (nSPS) is 12.4. The highest BCUT2D eigenvalue weighted by molar-refractivity contribution is 7.24. The van der Waals surface area contributed by atoms with E-state index in [2.05, 4.69) is 45.9 Å². The van der Waals surface area contributed by atoms with Crippen molar-refractivity contribution in [3.8, 4) is 11.3 Å². The van der Waals surface area contributed by atoms with Crippen LogP contribution in [-0.2, 0) is 0 Å². The second-order valence-electron chi connectivity index (χ2n) is 10.4. The summed E-state index contributed by atoms with van der Waals surface area (Å²) in [4.78, 5) is 38.0. The molecule has 0 atom stereocenters. The van der Waals surface area contributed by atoms with Crippen molar-refractivity contribution in [3.63, 3.8) is 0 Å². The number of aromatic amines is 2. The Hall–Kier alpha value is -4.44. The topological polar surface area (TPSA) is 118 Å². The summed E-state index contributed by atoms with van der Waals surface area (Å²) in [5, 5.41) is 7.19. The van der Waals surface area contributed by atoms with Gasteiger partial charge in [0, 0.05) is 29.8 Å². The van der Waals surface area contributed by atoms with Gasteiger partial charge in [0.05, 0.1) is 39.2 Å². The molecule has 9 nitrogen and oxygen atoms in total. The van der Waals surface area contributed by atoms with Crippen LogP contribution >= 0.6 is 11.3 Å². The van der Waals surface area contributed by atoms with E-state index in [9.17, 15) is 4.79 Å². The minimum Gasteiger partial charge on any atom is -0.298 e. The van der Waals surface area contributed by atoms with Crippen molar-refractivity contribution in [2.45, 2.75) is 27.2 Å². The van der Waals surface area contributed by atoms with Crippen LogP contribution in [0.15, 0.2) is 55.1 Å². The zero-order valence-corrected chi connectivity index (χ0v) is 21.2. The summed E-state index contributed by atoms with van der Waals surface area (Å²) in [7, 11) is 0. The number of carbonyl (C=O) groups is 1. The Balaban J connectivity index is 1.69. The first kappa shape index (κ1) is 21.8. The van der Waals surface area contributed by atoms with Crippen LogP contribution in [0.2, 0.25) is 0 Å². The SMILES string of the molecule is CC(C)(C)CC(=O)n1c2cncc(c2)c2cc3c(cn2)[nH][nH]c-3c2nc3ccnc(c4ccc1s4)c3n2. The van der Waals surface area contributed by atoms with Crippen LogP contribution in [0, 0.1) is 5.41 Å². The van der Waals surface area contributed by atoms with E-state index in [1.54, 1.807) is 29.4 Å². The smallest absolute Gasteiger partial charge is 0.232 e. The minimum atomic E-state index is -0.179. The van der Waals surface area contributed by atoms with E-state index in [1.807, 2.05) is 30.3 Å². The standard InChI is InChI=1S/C27H22N8OS/c1-27(2,3)10-21(36)35-15-8-14(11-28-12-15)18-9-16-19(13-30-18)33-34-23(16)26-31-17-6-7-29-25(24(17)32-26)20-4-5-22(35)37-20/h4-9,11-13,33-34H,10H2,1-3H3. The number of nitrogens with one attached hydrogen (secondary N) is 2. The predicted octanol–water partition coefficient (Wildman–Crippen LogP) is 6.25. The van der Waals surface area contributed by atoms with Gasteiger partial charge in [-0.2, -0.15) is 0 Å². The molecule has 5 aromatic heterocycles. The number of hydrogen-bond acceptors (Lipinski definition) is 7. The highest BCUT2D eigenvalue weighted by Gasteiger charge is 2.20. The number of aromatic nitrogens is 8. The van der Waals surface area contributed by atoms with Crippen molar-refractivity contribution in [3.05, 3.63) is 55.1 Å². The third kappa shape index (κ3) is 3.60. The van der Waals surface area contributed by atoms with Gasteiger partial charge in [0.15, 0.2) is 5.65 Å². The highest BCUT2D eigenvalue weighted by atomic mass is 32.1. The van der Waals surface area contributed by atoms with Crippen LogP contribution in [0.1, 0.15) is 32.0 Å². The average Bonchev–Trinajstić information content (AvgIpc) is 3.60. The van der Waals surface area contributed by atoms with Crippen LogP contribution in [0.25, 0.3) is 64.9 Å². The maximum Gasteiger partial charge on any atom is 0.232 e. The largest absolute Gasteiger partial charge is 0.298 e. The lowest BCUT2D eigenvalue weighted by molar-refractivity contribution is 0.0867. The number of H-pyrrole nitrogens is 2. The Labute approximate surface area is 214 Å². The van der Waals surface area contributed by atoms with Crippen molar-refractivity contribution < 1.29 is 4.79 Å². The number of carbonyl (C=O) groups excluding carboxylic acids is 1. The lowest BCUT2D eigenvalue weighted by Crippen LogP contribution is -2.19. The number of hydrogen-bond donors (Lipinski definition) is 2. The number of thiophene rings is 1. The molecule has 182 valence electrons. The molecule has 2 aliphatic rings. The van der Waals surface area contributed by atoms with E-state index < -0.39 is 0 Å². The summed E-state index contributed by atoms with van der Waals surface area (Å²) in [6.45, 7) is 6.19. The molecular formula is C27H22N8OS. The number of rotatable bonds is 1. The Morgan fingerprint density at radius 3 is 2.73 bits per heavy atom. The molecule has 0 radical (unpaired) electrons. The van der Waals surface area contributed by atoms with Crippen molar-refractivity contribution in [2.75, 3.05) is 0 Å². The van der Waals surface area contributed by atoms with Gasteiger partial charge in [0.25, 0.3) is 0 Å². The van der Waals surface area contributed by atoms with Crippen LogP contribution in [0.5, 0.6) is 0 Å². The number of fused-ring (bicyclic) bond motifs is 9. The quantitative estimate of drug-likeness (QED) is 0.272. The summed E-state index contributed by atoms with van der Waals surface area (Å²) in [5.74, 6) is -0.00310. The molecule has 7 heterocycles. The van der Waals surface area contributed by atoms with E-state index in [1.165, 1.54) is 11.3 Å². The molecule has 37 heavy (non-hydrogen) atoms. The molecule has 8 bridgehead atoms. The predicted molar refractivity (Wildman–Crippen MR) is 146 cm³/mol. The highest BCUT2D eigenvalue weighted by Crippen LogP contribution is 2.32. The zero-order valence-electron chi connectivity index (χ0n) is 20.4. The van der Waals surface area contributed by atoms with Gasteiger partial charge in [-0.3, -0.25) is 34.5 Å². The number of imidazole rings is 1. The Morgan fingerprint density at radius 2 is 1.86 bits per heavy atom. The van der Waals surface area contributed by atoms with Crippen molar-refractivity contribution in [1.29, 1.82) is 0 Å². The van der Waals surface area contributed by atoms with Crippen LogP contribution in [0.4, 0.5) is 0 Å². The number of nitrogens with zero attached hydrogens (tertiary/aromatic N) is 6. The first-order valence-electron chi connectivity index (χ1n) is 11.9. The summed E-state index contributed by atoms with van der Waals surface area (Å²) in [6, 6.07) is 9.76. The third-order valence-corrected chi connectivity index (χ3v) is 7.40. The average molecular weight is 507 g/mol. The summed E-state index contributed by atoms with van der Waals surface area (Å²) in [6.07, 6.45) is 7.39. The van der Waals surface area contributed by atoms with E-state index >= 15 is 0 Å². The molecule has 10 heteroatoms. The summed E-state index contributed by atoms with van der Waals surface area (Å²) in [5.41, 5.74) is 6.56. The van der Waals surface area contributed by atoms with Crippen LogP contribution in [0.3, 0.4) is 0 Å². The molecule has 5 aromatic rings. The van der Waals surface area contributed by atoms with Gasteiger partial charge >= 0.3 is 0 Å². The maximum atomic E-state index is 13.7. The molecule has 2 aliphatic heterocycles. The van der Waals surface area contributed by atoms with Crippen LogP contribution < -0.4 is 0 Å². The number of pyridine rings is 3. The Morgan fingerprint density at radius 1 is 0.973 bits per heavy atom. The van der Waals surface area contributed by atoms with Gasteiger partial charge < -0.3 is 0 Å². The van der Waals surface area contributed by atoms with Crippen molar-refractivity contribution in [2.24, 2.45) is 5.41 Å². The molecule has 0 saturated carbocycles. The van der Waals surface area contributed by atoms with Gasteiger partial charge in [-0.25, -0.2) is 9.97 Å². The van der Waals surface area contributed by atoms with E-state index in [-0.39, 0.29) is 11.3 Å². The molecule has 0 fully saturated rings. The fraction of sp³-hybridized carbons (Fsp3) is 0.185. The lowest BCUT2D eigenvalue weighted by Gasteiger charge is -2.18. The van der Waals surface area contributed by atoms with Crippen LogP contribution in [-0.4, -0.2) is 45.6 Å². The first-order chi connectivity index (χ1) is 17.8. The van der Waals surface area contributed by atoms with Gasteiger partial charge in [-0.1, -0.05) is 20.8 Å². The second-order valence-corrected chi connectivity index (χ2v) is 11.4. The van der Waals surface area contributed by atoms with Crippen molar-refractivity contribution in [1.82, 2.24) is 39.7 Å². The fourth-order valence-electron chi connectivity index (χ4n) is 4.67. The maximum absolute atomic E-state index is 13.7. The monoisotopic (exact) mass is 506 g/mol. The lowest BCUT2D eigenvalue weighted by atomic mass is 9.92. The molecule has 0 aromatic carbocycles. The second kappa shape index (κ2) is 7.78. The molecule has 0 amide bonds. The molecule has 0 aliphatic carbocycles. The van der Waals surface area contributed by atoms with Gasteiger partial charge in [0.2, 0.25) is 5.91 Å². The van der Waals surface area contributed by atoms with Gasteiger partial charge in [0.1, 0.15) is 21.6 Å². The van der Waals surface area contributed by atoms with E-state index in [4.69, 9.17) is 9.97 Å².